The van der Waals surface area contributed by atoms with E-state index in [0.717, 1.165) is 11.1 Å². The van der Waals surface area contributed by atoms with Crippen LogP contribution in [0.25, 0.3) is 6.08 Å². The van der Waals surface area contributed by atoms with Crippen molar-refractivity contribution in [1.29, 1.82) is 0 Å². The maximum Gasteiger partial charge on any atom is 0.244 e. The highest BCUT2D eigenvalue weighted by Crippen LogP contribution is 2.26. The molecule has 2 aromatic rings. The molecule has 0 aliphatic rings. The molecule has 0 bridgehead atoms. The molecule has 1 heterocycles. The van der Waals surface area contributed by atoms with Gasteiger partial charge < -0.3 is 14.5 Å². The van der Waals surface area contributed by atoms with Crippen molar-refractivity contribution in [2.75, 3.05) is 13.7 Å². The van der Waals surface area contributed by atoms with Gasteiger partial charge in [0.15, 0.2) is 0 Å². The molecule has 0 spiro atoms. The topological polar surface area (TPSA) is 51.5 Å². The van der Waals surface area contributed by atoms with Gasteiger partial charge in [-0.15, -0.1) is 0 Å². The largest absolute Gasteiger partial charge is 0.472 e. The number of amides is 1. The van der Waals surface area contributed by atoms with Gasteiger partial charge in [0, 0.05) is 23.8 Å². The van der Waals surface area contributed by atoms with Crippen LogP contribution in [0.3, 0.4) is 0 Å². The molecule has 0 saturated heterocycles. The number of furan rings is 1. The van der Waals surface area contributed by atoms with Crippen molar-refractivity contribution in [3.8, 4) is 0 Å². The number of carbonyl (C=O) groups excluding carboxylic acids is 1. The minimum Gasteiger partial charge on any atom is -0.472 e. The molecule has 5 heteroatoms. The number of carbonyl (C=O) groups is 1. The standard InChI is InChI=1S/C17H18ClNO3/c1-17(21-2,14-4-3-5-15(18)10-14)12-19-16(20)7-6-13-8-9-22-11-13/h3-11H,12H2,1-2H3,(H,19,20)/b7-6+/t17-/m1/s1. The zero-order valence-electron chi connectivity index (χ0n) is 12.5. The van der Waals surface area contributed by atoms with Gasteiger partial charge in [-0.25, -0.2) is 0 Å². The van der Waals surface area contributed by atoms with Gasteiger partial charge in [0.1, 0.15) is 5.60 Å². The molecule has 0 aliphatic carbocycles. The highest BCUT2D eigenvalue weighted by Gasteiger charge is 2.26. The quantitative estimate of drug-likeness (QED) is 0.827. The fourth-order valence-corrected chi connectivity index (χ4v) is 2.16. The monoisotopic (exact) mass is 319 g/mol. The van der Waals surface area contributed by atoms with Crippen LogP contribution < -0.4 is 5.32 Å². The van der Waals surface area contributed by atoms with E-state index in [9.17, 15) is 4.79 Å². The van der Waals surface area contributed by atoms with Gasteiger partial charge in [-0.05, 0) is 36.8 Å². The van der Waals surface area contributed by atoms with Gasteiger partial charge in [-0.3, -0.25) is 4.79 Å². The first-order valence-corrected chi connectivity index (χ1v) is 7.20. The Morgan fingerprint density at radius 3 is 2.91 bits per heavy atom. The molecule has 0 aliphatic heterocycles. The maximum absolute atomic E-state index is 11.9. The number of nitrogens with one attached hydrogen (secondary N) is 1. The Bertz CT molecular complexity index is 652. The van der Waals surface area contributed by atoms with Crippen LogP contribution in [0, 0.1) is 0 Å². The summed E-state index contributed by atoms with van der Waals surface area (Å²) in [4.78, 5) is 11.9. The van der Waals surface area contributed by atoms with Gasteiger partial charge in [-0.2, -0.15) is 0 Å². The Balaban J connectivity index is 1.99. The summed E-state index contributed by atoms with van der Waals surface area (Å²) >= 11 is 6.01. The number of halogens is 1. The molecule has 2 rings (SSSR count). The van der Waals surface area contributed by atoms with Gasteiger partial charge in [0.25, 0.3) is 0 Å². The van der Waals surface area contributed by atoms with E-state index >= 15 is 0 Å². The van der Waals surface area contributed by atoms with Crippen LogP contribution in [0.1, 0.15) is 18.1 Å². The van der Waals surface area contributed by atoms with Crippen LogP contribution in [0.5, 0.6) is 0 Å². The van der Waals surface area contributed by atoms with Gasteiger partial charge in [-0.1, -0.05) is 23.7 Å². The Morgan fingerprint density at radius 2 is 2.27 bits per heavy atom. The smallest absolute Gasteiger partial charge is 0.244 e. The summed E-state index contributed by atoms with van der Waals surface area (Å²) < 4.78 is 10.5. The van der Waals surface area contributed by atoms with Crippen LogP contribution in [0.4, 0.5) is 0 Å². The normalized spacial score (nSPS) is 14.0. The van der Waals surface area contributed by atoms with Crippen LogP contribution in [-0.2, 0) is 15.1 Å². The van der Waals surface area contributed by atoms with Crippen molar-refractivity contribution >= 4 is 23.6 Å². The molecule has 1 aromatic carbocycles. The lowest BCUT2D eigenvalue weighted by Gasteiger charge is -2.29. The Hall–Kier alpha value is -2.04. The van der Waals surface area contributed by atoms with E-state index in [-0.39, 0.29) is 5.91 Å². The molecule has 22 heavy (non-hydrogen) atoms. The molecule has 1 N–H and O–H groups in total. The lowest BCUT2D eigenvalue weighted by molar-refractivity contribution is -0.118. The SMILES string of the molecule is CO[C@](C)(CNC(=O)/C=C/c1ccoc1)c1cccc(Cl)c1. The predicted molar refractivity (Wildman–Crippen MR) is 86.6 cm³/mol. The first-order valence-electron chi connectivity index (χ1n) is 6.83. The molecule has 0 unspecified atom stereocenters. The first-order chi connectivity index (χ1) is 10.5. The Morgan fingerprint density at radius 1 is 1.45 bits per heavy atom. The van der Waals surface area contributed by atoms with Crippen molar-refractivity contribution in [1.82, 2.24) is 5.32 Å². The molecular formula is C17H18ClNO3. The van der Waals surface area contributed by atoms with E-state index in [2.05, 4.69) is 5.32 Å². The molecule has 1 amide bonds. The molecular weight excluding hydrogens is 302 g/mol. The van der Waals surface area contributed by atoms with E-state index in [0.29, 0.717) is 11.6 Å². The van der Waals surface area contributed by atoms with E-state index < -0.39 is 5.60 Å². The third-order valence-corrected chi connectivity index (χ3v) is 3.69. The number of rotatable bonds is 6. The zero-order valence-corrected chi connectivity index (χ0v) is 13.3. The van der Waals surface area contributed by atoms with E-state index in [1.165, 1.54) is 6.08 Å². The van der Waals surface area contributed by atoms with Crippen molar-refractivity contribution in [2.24, 2.45) is 0 Å². The summed E-state index contributed by atoms with van der Waals surface area (Å²) in [6.45, 7) is 2.23. The second-order valence-electron chi connectivity index (χ2n) is 5.05. The minimum absolute atomic E-state index is 0.202. The third-order valence-electron chi connectivity index (χ3n) is 3.46. The van der Waals surface area contributed by atoms with E-state index in [1.807, 2.05) is 25.1 Å². The van der Waals surface area contributed by atoms with Crippen LogP contribution in [0.2, 0.25) is 5.02 Å². The number of methoxy groups -OCH3 is 1. The second kappa shape index (κ2) is 7.29. The molecule has 1 atom stereocenters. The van der Waals surface area contributed by atoms with E-state index in [1.54, 1.807) is 37.8 Å². The summed E-state index contributed by atoms with van der Waals surface area (Å²) in [5.41, 5.74) is 1.09. The highest BCUT2D eigenvalue weighted by molar-refractivity contribution is 6.30. The Labute approximate surface area is 134 Å². The molecule has 4 nitrogen and oxygen atoms in total. The summed E-state index contributed by atoms with van der Waals surface area (Å²) in [5, 5.41) is 3.46. The molecule has 116 valence electrons. The maximum atomic E-state index is 11.9. The van der Waals surface area contributed by atoms with Crippen LogP contribution >= 0.6 is 11.6 Å². The van der Waals surface area contributed by atoms with Crippen molar-refractivity contribution < 1.29 is 13.9 Å². The van der Waals surface area contributed by atoms with Crippen molar-refractivity contribution in [2.45, 2.75) is 12.5 Å². The van der Waals surface area contributed by atoms with Crippen molar-refractivity contribution in [3.63, 3.8) is 0 Å². The summed E-state index contributed by atoms with van der Waals surface area (Å²) in [6, 6.07) is 9.18. The van der Waals surface area contributed by atoms with E-state index in [4.69, 9.17) is 20.8 Å². The fraction of sp³-hybridized carbons (Fsp3) is 0.235. The second-order valence-corrected chi connectivity index (χ2v) is 5.49. The number of ether oxygens (including phenoxy) is 1. The lowest BCUT2D eigenvalue weighted by Crippen LogP contribution is -2.39. The van der Waals surface area contributed by atoms with Gasteiger partial charge in [0.05, 0.1) is 19.1 Å². The predicted octanol–water partition coefficient (Wildman–Crippen LogP) is 3.62. The molecule has 0 fully saturated rings. The van der Waals surface area contributed by atoms with Crippen molar-refractivity contribution in [3.05, 3.63) is 65.1 Å². The lowest BCUT2D eigenvalue weighted by atomic mass is 9.95. The number of hydrogen-bond acceptors (Lipinski definition) is 3. The van der Waals surface area contributed by atoms with Gasteiger partial charge >= 0.3 is 0 Å². The highest BCUT2D eigenvalue weighted by atomic mass is 35.5. The fourth-order valence-electron chi connectivity index (χ4n) is 1.97. The number of hydrogen-bond donors (Lipinski definition) is 1. The molecule has 1 aromatic heterocycles. The van der Waals surface area contributed by atoms with Gasteiger partial charge in [0.2, 0.25) is 5.91 Å². The minimum atomic E-state index is -0.649. The summed E-state index contributed by atoms with van der Waals surface area (Å²) in [7, 11) is 1.61. The number of benzene rings is 1. The zero-order chi connectivity index (χ0) is 16.0. The average Bonchev–Trinajstić information content (AvgIpc) is 3.04. The average molecular weight is 320 g/mol. The molecule has 0 saturated carbocycles. The third kappa shape index (κ3) is 4.23. The summed E-state index contributed by atoms with van der Waals surface area (Å²) in [6.07, 6.45) is 6.26. The van der Waals surface area contributed by atoms with Crippen LogP contribution in [-0.4, -0.2) is 19.6 Å². The first kappa shape index (κ1) is 16.3. The Kier molecular flexibility index (Phi) is 5.41. The summed E-state index contributed by atoms with van der Waals surface area (Å²) in [5.74, 6) is -0.202. The van der Waals surface area contributed by atoms with Crippen LogP contribution in [0.15, 0.2) is 53.4 Å². The molecule has 0 radical (unpaired) electrons.